The van der Waals surface area contributed by atoms with E-state index in [9.17, 15) is 10.1 Å². The zero-order valence-electron chi connectivity index (χ0n) is 19.0. The standard InChI is InChI=1S/C25H22Cl2N4O4/c1-16-9-19(13-33-2)22(11-28)25(30-16)35-15-24(32)31-29-12-17-3-7-21(8-4-17)34-14-18-5-6-20(26)10-23(18)27/h3-10,12H,13-15H2,1-2H3,(H,31,32)/b29-12-. The van der Waals surface area contributed by atoms with E-state index < -0.39 is 5.91 Å². The Morgan fingerprint density at radius 3 is 2.57 bits per heavy atom. The Labute approximate surface area is 213 Å². The Kier molecular flexibility index (Phi) is 9.44. The highest BCUT2D eigenvalue weighted by atomic mass is 35.5. The van der Waals surface area contributed by atoms with E-state index >= 15 is 0 Å². The van der Waals surface area contributed by atoms with Crippen LogP contribution < -0.4 is 14.9 Å². The zero-order valence-corrected chi connectivity index (χ0v) is 20.6. The van der Waals surface area contributed by atoms with Gasteiger partial charge in [0.05, 0.1) is 12.8 Å². The van der Waals surface area contributed by atoms with Gasteiger partial charge in [-0.1, -0.05) is 29.3 Å². The summed E-state index contributed by atoms with van der Waals surface area (Å²) in [6, 6.07) is 16.1. The number of amides is 1. The van der Waals surface area contributed by atoms with Crippen LogP contribution in [0.25, 0.3) is 0 Å². The molecule has 3 aromatic rings. The van der Waals surface area contributed by atoms with Crippen LogP contribution >= 0.6 is 23.2 Å². The monoisotopic (exact) mass is 512 g/mol. The molecule has 0 fully saturated rings. The minimum atomic E-state index is -0.499. The molecule has 8 nitrogen and oxygen atoms in total. The Morgan fingerprint density at radius 1 is 1.11 bits per heavy atom. The lowest BCUT2D eigenvalue weighted by Gasteiger charge is -2.10. The summed E-state index contributed by atoms with van der Waals surface area (Å²) in [6.07, 6.45) is 1.49. The number of halogens is 2. The molecule has 0 spiro atoms. The van der Waals surface area contributed by atoms with Crippen molar-refractivity contribution in [3.8, 4) is 17.7 Å². The summed E-state index contributed by atoms with van der Waals surface area (Å²) < 4.78 is 16.3. The second kappa shape index (κ2) is 12.7. The van der Waals surface area contributed by atoms with Gasteiger partial charge in [-0.05, 0) is 55.0 Å². The summed E-state index contributed by atoms with van der Waals surface area (Å²) in [4.78, 5) is 16.3. The Bertz CT molecular complexity index is 1260. The second-order valence-electron chi connectivity index (χ2n) is 7.32. The van der Waals surface area contributed by atoms with Crippen molar-refractivity contribution < 1.29 is 19.0 Å². The van der Waals surface area contributed by atoms with Gasteiger partial charge in [0.25, 0.3) is 5.91 Å². The van der Waals surface area contributed by atoms with Crippen molar-refractivity contribution in [1.29, 1.82) is 5.26 Å². The second-order valence-corrected chi connectivity index (χ2v) is 8.17. The molecule has 1 N–H and O–H groups in total. The van der Waals surface area contributed by atoms with E-state index in [1.54, 1.807) is 49.4 Å². The molecule has 0 saturated heterocycles. The number of aromatic nitrogens is 1. The molecule has 2 aromatic carbocycles. The third-order valence-corrected chi connectivity index (χ3v) is 5.23. The highest BCUT2D eigenvalue weighted by Crippen LogP contribution is 2.23. The first kappa shape index (κ1) is 26.0. The van der Waals surface area contributed by atoms with Gasteiger partial charge in [-0.3, -0.25) is 4.79 Å². The molecule has 0 bridgehead atoms. The number of nitriles is 1. The minimum Gasteiger partial charge on any atom is -0.489 e. The molecule has 1 heterocycles. The number of pyridine rings is 1. The minimum absolute atomic E-state index is 0.0779. The van der Waals surface area contributed by atoms with Crippen LogP contribution in [0.3, 0.4) is 0 Å². The summed E-state index contributed by atoms with van der Waals surface area (Å²) in [5.41, 5.74) is 5.47. The van der Waals surface area contributed by atoms with Gasteiger partial charge >= 0.3 is 0 Å². The highest BCUT2D eigenvalue weighted by molar-refractivity contribution is 6.35. The van der Waals surface area contributed by atoms with Gasteiger partial charge in [-0.2, -0.15) is 10.4 Å². The Morgan fingerprint density at radius 2 is 1.89 bits per heavy atom. The van der Waals surface area contributed by atoms with Gasteiger partial charge in [-0.25, -0.2) is 10.4 Å². The third kappa shape index (κ3) is 7.69. The number of nitrogens with zero attached hydrogens (tertiary/aromatic N) is 3. The quantitative estimate of drug-likeness (QED) is 0.308. The van der Waals surface area contributed by atoms with Gasteiger partial charge in [-0.15, -0.1) is 0 Å². The normalized spacial score (nSPS) is 10.7. The predicted octanol–water partition coefficient (Wildman–Crippen LogP) is 4.82. The SMILES string of the molecule is COCc1cc(C)nc(OCC(=O)N/N=C\c2ccc(OCc3ccc(Cl)cc3Cl)cc2)c1C#N. The fraction of sp³-hybridized carbons (Fsp3) is 0.200. The van der Waals surface area contributed by atoms with Crippen molar-refractivity contribution in [2.75, 3.05) is 13.7 Å². The largest absolute Gasteiger partial charge is 0.489 e. The number of aryl methyl sites for hydroxylation is 1. The van der Waals surface area contributed by atoms with Crippen LogP contribution in [-0.2, 0) is 22.7 Å². The summed E-state index contributed by atoms with van der Waals surface area (Å²) in [6.45, 7) is 1.95. The molecule has 0 aliphatic heterocycles. The Balaban J connectivity index is 1.50. The summed E-state index contributed by atoms with van der Waals surface area (Å²) in [7, 11) is 1.53. The fourth-order valence-electron chi connectivity index (χ4n) is 3.00. The van der Waals surface area contributed by atoms with Crippen molar-refractivity contribution >= 4 is 35.3 Å². The van der Waals surface area contributed by atoms with E-state index in [1.807, 2.05) is 12.1 Å². The first-order valence-electron chi connectivity index (χ1n) is 10.4. The van der Waals surface area contributed by atoms with E-state index in [2.05, 4.69) is 15.5 Å². The molecule has 0 saturated carbocycles. The Hall–Kier alpha value is -3.64. The van der Waals surface area contributed by atoms with Crippen molar-refractivity contribution in [3.05, 3.63) is 86.5 Å². The van der Waals surface area contributed by atoms with E-state index in [0.717, 1.165) is 11.1 Å². The smallest absolute Gasteiger partial charge is 0.278 e. The first-order valence-corrected chi connectivity index (χ1v) is 11.2. The lowest BCUT2D eigenvalue weighted by atomic mass is 10.1. The van der Waals surface area contributed by atoms with E-state index in [1.165, 1.54) is 13.3 Å². The summed E-state index contributed by atoms with van der Waals surface area (Å²) in [5.74, 6) is 0.230. The van der Waals surface area contributed by atoms with Crippen LogP contribution in [0.4, 0.5) is 0 Å². The molecule has 0 unspecified atom stereocenters. The van der Waals surface area contributed by atoms with Gasteiger partial charge in [0.1, 0.15) is 24.0 Å². The molecule has 3 rings (SSSR count). The molecule has 1 amide bonds. The predicted molar refractivity (Wildman–Crippen MR) is 133 cm³/mol. The number of ether oxygens (including phenoxy) is 3. The average Bonchev–Trinajstić information content (AvgIpc) is 2.83. The highest BCUT2D eigenvalue weighted by Gasteiger charge is 2.14. The molecule has 180 valence electrons. The van der Waals surface area contributed by atoms with Crippen molar-refractivity contribution in [2.24, 2.45) is 5.10 Å². The number of methoxy groups -OCH3 is 1. The zero-order chi connectivity index (χ0) is 25.2. The fourth-order valence-corrected chi connectivity index (χ4v) is 3.46. The molecule has 0 radical (unpaired) electrons. The molecule has 35 heavy (non-hydrogen) atoms. The number of hydrogen-bond donors (Lipinski definition) is 1. The average molecular weight is 513 g/mol. The molecule has 0 atom stereocenters. The molecule has 0 aliphatic carbocycles. The molecular weight excluding hydrogens is 491 g/mol. The number of hydrogen-bond acceptors (Lipinski definition) is 7. The maximum Gasteiger partial charge on any atom is 0.278 e. The van der Waals surface area contributed by atoms with Crippen LogP contribution in [0, 0.1) is 18.3 Å². The van der Waals surface area contributed by atoms with E-state index in [4.69, 9.17) is 37.4 Å². The van der Waals surface area contributed by atoms with Crippen LogP contribution in [0.15, 0.2) is 53.6 Å². The van der Waals surface area contributed by atoms with Gasteiger partial charge in [0.15, 0.2) is 6.61 Å². The topological polar surface area (TPSA) is 106 Å². The first-order chi connectivity index (χ1) is 16.9. The number of rotatable bonds is 10. The van der Waals surface area contributed by atoms with Crippen LogP contribution in [0.2, 0.25) is 10.0 Å². The molecular formula is C25H22Cl2N4O4. The summed E-state index contributed by atoms with van der Waals surface area (Å²) in [5, 5.41) is 14.4. The van der Waals surface area contributed by atoms with Crippen molar-refractivity contribution in [3.63, 3.8) is 0 Å². The molecule has 10 heteroatoms. The summed E-state index contributed by atoms with van der Waals surface area (Å²) >= 11 is 12.1. The maximum atomic E-state index is 12.1. The van der Waals surface area contributed by atoms with E-state index in [0.29, 0.717) is 33.7 Å². The number of benzene rings is 2. The lowest BCUT2D eigenvalue weighted by molar-refractivity contribution is -0.123. The molecule has 0 aliphatic rings. The number of nitrogens with one attached hydrogen (secondary N) is 1. The third-order valence-electron chi connectivity index (χ3n) is 4.64. The van der Waals surface area contributed by atoms with Crippen molar-refractivity contribution in [1.82, 2.24) is 10.4 Å². The van der Waals surface area contributed by atoms with Crippen LogP contribution in [0.1, 0.15) is 27.9 Å². The molecule has 1 aromatic heterocycles. The van der Waals surface area contributed by atoms with Crippen LogP contribution in [0.5, 0.6) is 11.6 Å². The number of hydrazone groups is 1. The van der Waals surface area contributed by atoms with Gasteiger partial charge in [0.2, 0.25) is 5.88 Å². The van der Waals surface area contributed by atoms with Gasteiger partial charge < -0.3 is 14.2 Å². The van der Waals surface area contributed by atoms with Crippen molar-refractivity contribution in [2.45, 2.75) is 20.1 Å². The number of carbonyl (C=O) groups is 1. The maximum absolute atomic E-state index is 12.1. The van der Waals surface area contributed by atoms with E-state index in [-0.39, 0.29) is 24.7 Å². The lowest BCUT2D eigenvalue weighted by Crippen LogP contribution is -2.25. The van der Waals surface area contributed by atoms with Crippen LogP contribution in [-0.4, -0.2) is 30.8 Å². The van der Waals surface area contributed by atoms with Gasteiger partial charge in [0, 0.05) is 34.0 Å². The number of carbonyl (C=O) groups excluding carboxylic acids is 1.